The van der Waals surface area contributed by atoms with E-state index >= 15 is 0 Å². The van der Waals surface area contributed by atoms with Crippen molar-refractivity contribution < 1.29 is 13.9 Å². The first-order valence-corrected chi connectivity index (χ1v) is 6.41. The average molecular weight is 275 g/mol. The Morgan fingerprint density at radius 1 is 1.05 bits per heavy atom. The minimum atomic E-state index is -0.279. The van der Waals surface area contributed by atoms with Gasteiger partial charge in [-0.3, -0.25) is 0 Å². The first kappa shape index (κ1) is 14.5. The van der Waals surface area contributed by atoms with E-state index in [1.165, 1.54) is 6.07 Å². The van der Waals surface area contributed by atoms with E-state index in [1.54, 1.807) is 19.2 Å². The predicted octanol–water partition coefficient (Wildman–Crippen LogP) is 3.01. The lowest BCUT2D eigenvalue weighted by Gasteiger charge is -2.09. The third-order valence-corrected chi connectivity index (χ3v) is 2.94. The summed E-state index contributed by atoms with van der Waals surface area (Å²) in [5.41, 5.74) is 7.93. The minimum Gasteiger partial charge on any atom is -0.489 e. The summed E-state index contributed by atoms with van der Waals surface area (Å²) in [6, 6.07) is 12.5. The second-order valence-electron chi connectivity index (χ2n) is 4.50. The van der Waals surface area contributed by atoms with E-state index in [4.69, 9.17) is 15.2 Å². The molecular weight excluding hydrogens is 257 g/mol. The Bertz CT molecular complexity index is 572. The van der Waals surface area contributed by atoms with Crippen LogP contribution in [0.5, 0.6) is 5.75 Å². The quantitative estimate of drug-likeness (QED) is 0.881. The van der Waals surface area contributed by atoms with Gasteiger partial charge < -0.3 is 15.2 Å². The lowest BCUT2D eigenvalue weighted by Crippen LogP contribution is -2.03. The third kappa shape index (κ3) is 3.79. The summed E-state index contributed by atoms with van der Waals surface area (Å²) >= 11 is 0. The van der Waals surface area contributed by atoms with E-state index in [0.717, 1.165) is 16.9 Å². The molecule has 0 aromatic heterocycles. The van der Waals surface area contributed by atoms with Crippen molar-refractivity contribution in [3.63, 3.8) is 0 Å². The van der Waals surface area contributed by atoms with Gasteiger partial charge in [-0.1, -0.05) is 18.2 Å². The van der Waals surface area contributed by atoms with Gasteiger partial charge in [0.25, 0.3) is 0 Å². The summed E-state index contributed by atoms with van der Waals surface area (Å²) in [5, 5.41) is 0. The molecule has 0 bridgehead atoms. The lowest BCUT2D eigenvalue weighted by atomic mass is 10.1. The van der Waals surface area contributed by atoms with Crippen LogP contribution in [0.2, 0.25) is 0 Å². The molecule has 0 aliphatic heterocycles. The second-order valence-corrected chi connectivity index (χ2v) is 4.50. The first-order chi connectivity index (χ1) is 9.72. The fraction of sp³-hybridized carbons (Fsp3) is 0.250. The maximum absolute atomic E-state index is 13.3. The van der Waals surface area contributed by atoms with E-state index < -0.39 is 0 Å². The number of methoxy groups -OCH3 is 1. The van der Waals surface area contributed by atoms with Gasteiger partial charge in [0.05, 0.1) is 6.61 Å². The summed E-state index contributed by atoms with van der Waals surface area (Å²) in [7, 11) is 1.65. The Labute approximate surface area is 118 Å². The van der Waals surface area contributed by atoms with Gasteiger partial charge in [-0.2, -0.15) is 0 Å². The molecule has 0 atom stereocenters. The molecule has 20 heavy (non-hydrogen) atoms. The molecule has 0 fully saturated rings. The van der Waals surface area contributed by atoms with Crippen LogP contribution < -0.4 is 10.5 Å². The van der Waals surface area contributed by atoms with Gasteiger partial charge in [-0.05, 0) is 35.4 Å². The van der Waals surface area contributed by atoms with Crippen LogP contribution in [0.25, 0.3) is 0 Å². The minimum absolute atomic E-state index is 0.184. The molecular formula is C16H18FNO2. The predicted molar refractivity (Wildman–Crippen MR) is 75.8 cm³/mol. The van der Waals surface area contributed by atoms with Crippen molar-refractivity contribution in [2.75, 3.05) is 7.11 Å². The van der Waals surface area contributed by atoms with Crippen LogP contribution in [-0.4, -0.2) is 7.11 Å². The van der Waals surface area contributed by atoms with E-state index in [-0.39, 0.29) is 12.4 Å². The fourth-order valence-corrected chi connectivity index (χ4v) is 1.93. The monoisotopic (exact) mass is 275 g/mol. The highest BCUT2D eigenvalue weighted by Crippen LogP contribution is 2.17. The lowest BCUT2D eigenvalue weighted by molar-refractivity contribution is 0.184. The molecule has 2 aromatic carbocycles. The fourth-order valence-electron chi connectivity index (χ4n) is 1.93. The maximum atomic E-state index is 13.3. The SMILES string of the molecule is COCc1cccc(OCc2ccc(F)c(CN)c2)c1. The van der Waals surface area contributed by atoms with Gasteiger partial charge in [-0.15, -0.1) is 0 Å². The van der Waals surface area contributed by atoms with Gasteiger partial charge in [0, 0.05) is 19.2 Å². The van der Waals surface area contributed by atoms with E-state index in [1.807, 2.05) is 24.3 Å². The van der Waals surface area contributed by atoms with Crippen molar-refractivity contribution in [1.82, 2.24) is 0 Å². The highest BCUT2D eigenvalue weighted by molar-refractivity contribution is 5.29. The van der Waals surface area contributed by atoms with Crippen LogP contribution in [0.4, 0.5) is 4.39 Å². The van der Waals surface area contributed by atoms with Crippen LogP contribution >= 0.6 is 0 Å². The van der Waals surface area contributed by atoms with Crippen LogP contribution in [0, 0.1) is 5.82 Å². The van der Waals surface area contributed by atoms with Crippen molar-refractivity contribution >= 4 is 0 Å². The highest BCUT2D eigenvalue weighted by atomic mass is 19.1. The van der Waals surface area contributed by atoms with Gasteiger partial charge >= 0.3 is 0 Å². The normalized spacial score (nSPS) is 10.6. The summed E-state index contributed by atoms with van der Waals surface area (Å²) < 4.78 is 24.1. The Balaban J connectivity index is 2.03. The molecule has 0 unspecified atom stereocenters. The zero-order valence-corrected chi connectivity index (χ0v) is 11.4. The summed E-state index contributed by atoms with van der Waals surface area (Å²) in [5.74, 6) is 0.483. The van der Waals surface area contributed by atoms with Crippen molar-refractivity contribution in [1.29, 1.82) is 0 Å². The van der Waals surface area contributed by atoms with Crippen LogP contribution in [0.1, 0.15) is 16.7 Å². The molecule has 4 heteroatoms. The molecule has 0 aliphatic rings. The molecule has 2 rings (SSSR count). The Morgan fingerprint density at radius 2 is 1.85 bits per heavy atom. The van der Waals surface area contributed by atoms with E-state index in [2.05, 4.69) is 0 Å². The summed E-state index contributed by atoms with van der Waals surface area (Å²) in [6.07, 6.45) is 0. The number of rotatable bonds is 6. The summed E-state index contributed by atoms with van der Waals surface area (Å²) in [4.78, 5) is 0. The zero-order chi connectivity index (χ0) is 14.4. The van der Waals surface area contributed by atoms with Crippen molar-refractivity contribution in [3.05, 3.63) is 65.0 Å². The molecule has 106 valence electrons. The van der Waals surface area contributed by atoms with Crippen molar-refractivity contribution in [2.24, 2.45) is 5.73 Å². The number of benzene rings is 2. The standard InChI is InChI=1S/C16H18FNO2/c1-19-10-12-3-2-4-15(8-12)20-11-13-5-6-16(17)14(7-13)9-18/h2-8H,9-11,18H2,1H3. The first-order valence-electron chi connectivity index (χ1n) is 6.41. The molecule has 0 heterocycles. The largest absolute Gasteiger partial charge is 0.489 e. The van der Waals surface area contributed by atoms with Crippen LogP contribution in [0.15, 0.2) is 42.5 Å². The molecule has 0 radical (unpaired) electrons. The number of hydrogen-bond donors (Lipinski definition) is 1. The van der Waals surface area contributed by atoms with Crippen LogP contribution in [0.3, 0.4) is 0 Å². The van der Waals surface area contributed by atoms with Crippen LogP contribution in [-0.2, 0) is 24.5 Å². The van der Waals surface area contributed by atoms with Crippen molar-refractivity contribution in [2.45, 2.75) is 19.8 Å². The second kappa shape index (κ2) is 7.03. The molecule has 0 aliphatic carbocycles. The smallest absolute Gasteiger partial charge is 0.127 e. The molecule has 3 nitrogen and oxygen atoms in total. The third-order valence-electron chi connectivity index (χ3n) is 2.94. The van der Waals surface area contributed by atoms with E-state index in [9.17, 15) is 4.39 Å². The highest BCUT2D eigenvalue weighted by Gasteiger charge is 2.03. The summed E-state index contributed by atoms with van der Waals surface area (Å²) in [6.45, 7) is 1.11. The Morgan fingerprint density at radius 3 is 2.60 bits per heavy atom. The molecule has 0 amide bonds. The Hall–Kier alpha value is -1.91. The van der Waals surface area contributed by atoms with Gasteiger partial charge in [0.1, 0.15) is 18.2 Å². The molecule has 0 saturated carbocycles. The van der Waals surface area contributed by atoms with Gasteiger partial charge in [-0.25, -0.2) is 4.39 Å². The Kier molecular flexibility index (Phi) is 5.09. The molecule has 0 saturated heterocycles. The number of hydrogen-bond acceptors (Lipinski definition) is 3. The zero-order valence-electron chi connectivity index (χ0n) is 11.4. The molecule has 2 aromatic rings. The van der Waals surface area contributed by atoms with E-state index in [0.29, 0.717) is 18.8 Å². The molecule has 2 N–H and O–H groups in total. The maximum Gasteiger partial charge on any atom is 0.127 e. The molecule has 0 spiro atoms. The average Bonchev–Trinajstić information content (AvgIpc) is 2.47. The van der Waals surface area contributed by atoms with Crippen molar-refractivity contribution in [3.8, 4) is 5.75 Å². The number of ether oxygens (including phenoxy) is 2. The topological polar surface area (TPSA) is 44.5 Å². The number of nitrogens with two attached hydrogens (primary N) is 1. The van der Waals surface area contributed by atoms with Gasteiger partial charge in [0.15, 0.2) is 0 Å². The van der Waals surface area contributed by atoms with Gasteiger partial charge in [0.2, 0.25) is 0 Å². The number of halogens is 1.